The minimum atomic E-state index is -1.13. The minimum absolute atomic E-state index is 0.173. The summed E-state index contributed by atoms with van der Waals surface area (Å²) in [6, 6.07) is -1.07. The van der Waals surface area contributed by atoms with Crippen molar-refractivity contribution in [3.05, 3.63) is 0 Å². The van der Waals surface area contributed by atoms with Crippen molar-refractivity contribution in [2.75, 3.05) is 0 Å². The van der Waals surface area contributed by atoms with Gasteiger partial charge >= 0.3 is 11.9 Å². The molecule has 0 saturated carbocycles. The Morgan fingerprint density at radius 3 is 2.29 bits per heavy atom. The molecular formula is C9H17NO4. The van der Waals surface area contributed by atoms with Crippen molar-refractivity contribution in [1.82, 2.24) is 0 Å². The van der Waals surface area contributed by atoms with Crippen LogP contribution in [0.4, 0.5) is 0 Å². The van der Waals surface area contributed by atoms with E-state index in [0.29, 0.717) is 6.42 Å². The van der Waals surface area contributed by atoms with E-state index in [4.69, 9.17) is 15.9 Å². The normalized spacial score (nSPS) is 14.7. The van der Waals surface area contributed by atoms with Crippen molar-refractivity contribution in [1.29, 1.82) is 0 Å². The number of carboxylic acids is 2. The lowest BCUT2D eigenvalue weighted by molar-refractivity contribution is -0.142. The molecule has 14 heavy (non-hydrogen) atoms. The average molecular weight is 203 g/mol. The summed E-state index contributed by atoms with van der Waals surface area (Å²) in [6.45, 7) is 1.96. The van der Waals surface area contributed by atoms with Crippen LogP contribution < -0.4 is 5.73 Å². The Morgan fingerprint density at radius 1 is 1.36 bits per heavy atom. The third kappa shape index (κ3) is 4.81. The van der Waals surface area contributed by atoms with Crippen molar-refractivity contribution < 1.29 is 19.8 Å². The van der Waals surface area contributed by atoms with Gasteiger partial charge in [0.25, 0.3) is 0 Å². The van der Waals surface area contributed by atoms with E-state index in [-0.39, 0.29) is 6.42 Å². The van der Waals surface area contributed by atoms with Crippen molar-refractivity contribution in [3.8, 4) is 0 Å². The van der Waals surface area contributed by atoms with Gasteiger partial charge in [-0.2, -0.15) is 0 Å². The molecular weight excluding hydrogens is 186 g/mol. The van der Waals surface area contributed by atoms with Gasteiger partial charge < -0.3 is 15.9 Å². The number of hydrogen-bond acceptors (Lipinski definition) is 3. The van der Waals surface area contributed by atoms with Gasteiger partial charge in [0.15, 0.2) is 0 Å². The molecule has 2 atom stereocenters. The van der Waals surface area contributed by atoms with Crippen LogP contribution in [0.15, 0.2) is 0 Å². The van der Waals surface area contributed by atoms with Crippen LogP contribution in [-0.4, -0.2) is 28.2 Å². The number of carbonyl (C=O) groups is 2. The van der Waals surface area contributed by atoms with Gasteiger partial charge in [-0.15, -0.1) is 0 Å². The summed E-state index contributed by atoms with van der Waals surface area (Å²) in [4.78, 5) is 21.0. The van der Waals surface area contributed by atoms with Crippen LogP contribution in [0.25, 0.3) is 0 Å². The van der Waals surface area contributed by atoms with Crippen LogP contribution in [0.5, 0.6) is 0 Å². The van der Waals surface area contributed by atoms with Gasteiger partial charge in [-0.1, -0.05) is 19.8 Å². The van der Waals surface area contributed by atoms with E-state index < -0.39 is 23.9 Å². The van der Waals surface area contributed by atoms with Crippen LogP contribution in [-0.2, 0) is 9.59 Å². The van der Waals surface area contributed by atoms with Crippen LogP contribution in [0.2, 0.25) is 0 Å². The highest BCUT2D eigenvalue weighted by atomic mass is 16.4. The third-order valence-electron chi connectivity index (χ3n) is 2.16. The first-order valence-electron chi connectivity index (χ1n) is 4.69. The fourth-order valence-corrected chi connectivity index (χ4v) is 1.30. The van der Waals surface area contributed by atoms with Gasteiger partial charge in [0.1, 0.15) is 6.04 Å². The number of unbranched alkanes of at least 4 members (excludes halogenated alkanes) is 1. The zero-order valence-electron chi connectivity index (χ0n) is 8.27. The quantitative estimate of drug-likeness (QED) is 0.564. The van der Waals surface area contributed by atoms with Crippen LogP contribution >= 0.6 is 0 Å². The summed E-state index contributed by atoms with van der Waals surface area (Å²) in [6.07, 6.45) is 2.09. The van der Waals surface area contributed by atoms with Crippen LogP contribution in [0.1, 0.15) is 32.6 Å². The molecule has 0 bridgehead atoms. The number of carboxylic acid groups (broad SMARTS) is 2. The standard InChI is InChI=1S/C9H17NO4/c1-2-3-4-6(5-7(11)12)8(10)9(13)14/h6,8H,2-5,10H2,1H3,(H,11,12)(H,13,14)/t6?,8-/m0/s1. The van der Waals surface area contributed by atoms with Gasteiger partial charge in [-0.25, -0.2) is 0 Å². The number of aliphatic carboxylic acids is 2. The molecule has 5 heteroatoms. The molecule has 0 saturated heterocycles. The Bertz CT molecular complexity index is 205. The fourth-order valence-electron chi connectivity index (χ4n) is 1.30. The smallest absolute Gasteiger partial charge is 0.320 e. The van der Waals surface area contributed by atoms with E-state index in [1.54, 1.807) is 0 Å². The molecule has 1 unspecified atom stereocenters. The summed E-state index contributed by atoms with van der Waals surface area (Å²) < 4.78 is 0. The molecule has 0 spiro atoms. The second-order valence-electron chi connectivity index (χ2n) is 3.36. The maximum absolute atomic E-state index is 10.6. The first-order chi connectivity index (χ1) is 6.49. The van der Waals surface area contributed by atoms with Gasteiger partial charge in [0.2, 0.25) is 0 Å². The molecule has 0 rings (SSSR count). The summed E-state index contributed by atoms with van der Waals surface area (Å²) in [7, 11) is 0. The fraction of sp³-hybridized carbons (Fsp3) is 0.778. The van der Waals surface area contributed by atoms with E-state index >= 15 is 0 Å². The molecule has 0 heterocycles. The Morgan fingerprint density at radius 2 is 1.93 bits per heavy atom. The summed E-state index contributed by atoms with van der Waals surface area (Å²) >= 11 is 0. The van der Waals surface area contributed by atoms with E-state index in [1.807, 2.05) is 6.92 Å². The largest absolute Gasteiger partial charge is 0.481 e. The maximum Gasteiger partial charge on any atom is 0.320 e. The second kappa shape index (κ2) is 6.37. The zero-order chi connectivity index (χ0) is 11.1. The summed E-state index contributed by atoms with van der Waals surface area (Å²) in [5.41, 5.74) is 5.39. The van der Waals surface area contributed by atoms with E-state index in [1.165, 1.54) is 0 Å². The predicted molar refractivity (Wildman–Crippen MR) is 50.9 cm³/mol. The number of hydrogen-bond donors (Lipinski definition) is 3. The molecule has 0 aliphatic carbocycles. The lowest BCUT2D eigenvalue weighted by Crippen LogP contribution is -2.39. The molecule has 0 aromatic rings. The zero-order valence-corrected chi connectivity index (χ0v) is 8.27. The van der Waals surface area contributed by atoms with Crippen LogP contribution in [0, 0.1) is 5.92 Å². The summed E-state index contributed by atoms with van der Waals surface area (Å²) in [5.74, 6) is -2.60. The van der Waals surface area contributed by atoms with Crippen molar-refractivity contribution in [2.45, 2.75) is 38.6 Å². The molecule has 82 valence electrons. The first-order valence-corrected chi connectivity index (χ1v) is 4.69. The Kier molecular flexibility index (Phi) is 5.87. The van der Waals surface area contributed by atoms with Gasteiger partial charge in [-0.05, 0) is 12.3 Å². The first kappa shape index (κ1) is 12.9. The Labute approximate surface area is 82.9 Å². The lowest BCUT2D eigenvalue weighted by Gasteiger charge is -2.18. The highest BCUT2D eigenvalue weighted by Crippen LogP contribution is 2.16. The number of rotatable bonds is 7. The lowest BCUT2D eigenvalue weighted by atomic mass is 9.91. The van der Waals surface area contributed by atoms with E-state index in [2.05, 4.69) is 0 Å². The third-order valence-corrected chi connectivity index (χ3v) is 2.16. The highest BCUT2D eigenvalue weighted by Gasteiger charge is 2.25. The highest BCUT2D eigenvalue weighted by molar-refractivity contribution is 5.75. The molecule has 0 fully saturated rings. The topological polar surface area (TPSA) is 101 Å². The van der Waals surface area contributed by atoms with Crippen molar-refractivity contribution in [3.63, 3.8) is 0 Å². The average Bonchev–Trinajstić information content (AvgIpc) is 2.10. The van der Waals surface area contributed by atoms with Gasteiger partial charge in [0, 0.05) is 0 Å². The van der Waals surface area contributed by atoms with Crippen LogP contribution in [0.3, 0.4) is 0 Å². The second-order valence-corrected chi connectivity index (χ2v) is 3.36. The summed E-state index contributed by atoms with van der Waals surface area (Å²) in [5, 5.41) is 17.2. The van der Waals surface area contributed by atoms with Gasteiger partial charge in [-0.3, -0.25) is 9.59 Å². The number of nitrogens with two attached hydrogens (primary N) is 1. The molecule has 0 aliphatic rings. The van der Waals surface area contributed by atoms with E-state index in [9.17, 15) is 9.59 Å². The molecule has 4 N–H and O–H groups in total. The molecule has 5 nitrogen and oxygen atoms in total. The van der Waals surface area contributed by atoms with Crippen molar-refractivity contribution in [2.24, 2.45) is 11.7 Å². The molecule has 0 radical (unpaired) electrons. The Hall–Kier alpha value is -1.10. The monoisotopic (exact) mass is 203 g/mol. The predicted octanol–water partition coefficient (Wildman–Crippen LogP) is 0.679. The molecule has 0 aromatic heterocycles. The van der Waals surface area contributed by atoms with E-state index in [0.717, 1.165) is 12.8 Å². The van der Waals surface area contributed by atoms with Gasteiger partial charge in [0.05, 0.1) is 6.42 Å². The maximum atomic E-state index is 10.6. The Balaban J connectivity index is 4.22. The molecule has 0 amide bonds. The molecule has 0 aliphatic heterocycles. The molecule has 0 aromatic carbocycles. The SMILES string of the molecule is CCCCC(CC(=O)O)[C@H](N)C(=O)O. The van der Waals surface area contributed by atoms with Crippen molar-refractivity contribution >= 4 is 11.9 Å². The minimum Gasteiger partial charge on any atom is -0.481 e.